The minimum atomic E-state index is 0.776. The van der Waals surface area contributed by atoms with Crippen molar-refractivity contribution in [3.05, 3.63) is 36.0 Å². The van der Waals surface area contributed by atoms with Gasteiger partial charge in [0.1, 0.15) is 0 Å². The zero-order chi connectivity index (χ0) is 9.52. The van der Waals surface area contributed by atoms with Crippen molar-refractivity contribution in [2.24, 2.45) is 5.92 Å². The van der Waals surface area contributed by atoms with Gasteiger partial charge in [0, 0.05) is 0 Å². The molecule has 72 valence electrons. The van der Waals surface area contributed by atoms with Crippen LogP contribution in [0.3, 0.4) is 0 Å². The largest absolute Gasteiger partial charge is 0.0888 e. The summed E-state index contributed by atoms with van der Waals surface area (Å²) in [6.45, 7) is 4.44. The molecular formula is C13H20. The summed E-state index contributed by atoms with van der Waals surface area (Å²) in [5, 5.41) is 0. The maximum atomic E-state index is 2.33. The molecule has 0 amide bonds. The molecule has 0 bridgehead atoms. The quantitative estimate of drug-likeness (QED) is 0.561. The molecule has 0 heterocycles. The SMILES string of the molecule is CCC=CCC1CC=CC=C1CC. The van der Waals surface area contributed by atoms with Gasteiger partial charge in [-0.05, 0) is 31.6 Å². The minimum Gasteiger partial charge on any atom is -0.0888 e. The zero-order valence-electron chi connectivity index (χ0n) is 8.79. The maximum absolute atomic E-state index is 2.33. The van der Waals surface area contributed by atoms with E-state index in [1.54, 1.807) is 5.57 Å². The Labute approximate surface area is 82.0 Å². The van der Waals surface area contributed by atoms with Crippen molar-refractivity contribution in [3.8, 4) is 0 Å². The summed E-state index contributed by atoms with van der Waals surface area (Å²) in [6.07, 6.45) is 16.2. The summed E-state index contributed by atoms with van der Waals surface area (Å²) in [7, 11) is 0. The fourth-order valence-corrected chi connectivity index (χ4v) is 1.80. The lowest BCUT2D eigenvalue weighted by Crippen LogP contribution is -2.04. The Morgan fingerprint density at radius 1 is 1.38 bits per heavy atom. The number of allylic oxidation sites excluding steroid dienone is 6. The molecule has 1 aliphatic rings. The molecule has 0 fully saturated rings. The molecule has 0 nitrogen and oxygen atoms in total. The molecule has 0 saturated carbocycles. The Balaban J connectivity index is 2.45. The van der Waals surface area contributed by atoms with Crippen LogP contribution < -0.4 is 0 Å². The predicted octanol–water partition coefficient (Wildman–Crippen LogP) is 4.26. The monoisotopic (exact) mass is 176 g/mol. The Bertz CT molecular complexity index is 218. The van der Waals surface area contributed by atoms with Gasteiger partial charge in [0.25, 0.3) is 0 Å². The van der Waals surface area contributed by atoms with Gasteiger partial charge in [-0.15, -0.1) is 0 Å². The minimum absolute atomic E-state index is 0.776. The van der Waals surface area contributed by atoms with Crippen molar-refractivity contribution in [1.82, 2.24) is 0 Å². The van der Waals surface area contributed by atoms with Crippen molar-refractivity contribution in [2.45, 2.75) is 39.5 Å². The van der Waals surface area contributed by atoms with E-state index >= 15 is 0 Å². The number of rotatable bonds is 4. The third-order valence-electron chi connectivity index (χ3n) is 2.62. The van der Waals surface area contributed by atoms with Crippen LogP contribution in [0.15, 0.2) is 36.0 Å². The molecule has 0 spiro atoms. The van der Waals surface area contributed by atoms with Gasteiger partial charge in [-0.25, -0.2) is 0 Å². The molecule has 0 aromatic heterocycles. The van der Waals surface area contributed by atoms with Gasteiger partial charge in [0.2, 0.25) is 0 Å². The molecule has 1 atom stereocenters. The molecule has 0 N–H and O–H groups in total. The van der Waals surface area contributed by atoms with Gasteiger partial charge in [0.05, 0.1) is 0 Å². The summed E-state index contributed by atoms with van der Waals surface area (Å²) in [5.74, 6) is 0.776. The first-order valence-electron chi connectivity index (χ1n) is 5.39. The second-order valence-corrected chi connectivity index (χ2v) is 3.57. The summed E-state index contributed by atoms with van der Waals surface area (Å²) in [4.78, 5) is 0. The Morgan fingerprint density at radius 2 is 2.23 bits per heavy atom. The van der Waals surface area contributed by atoms with Crippen LogP contribution >= 0.6 is 0 Å². The van der Waals surface area contributed by atoms with Gasteiger partial charge in [-0.2, -0.15) is 0 Å². The van der Waals surface area contributed by atoms with E-state index in [1.165, 1.54) is 19.3 Å². The maximum Gasteiger partial charge on any atom is -0.0131 e. The summed E-state index contributed by atoms with van der Waals surface area (Å²) in [5.41, 5.74) is 1.61. The molecule has 0 aliphatic heterocycles. The van der Waals surface area contributed by atoms with Crippen LogP contribution in [-0.4, -0.2) is 0 Å². The average Bonchev–Trinajstić information content (AvgIpc) is 2.19. The molecule has 0 saturated heterocycles. The first kappa shape index (κ1) is 10.3. The van der Waals surface area contributed by atoms with Crippen molar-refractivity contribution in [1.29, 1.82) is 0 Å². The summed E-state index contributed by atoms with van der Waals surface area (Å²) >= 11 is 0. The van der Waals surface area contributed by atoms with Gasteiger partial charge >= 0.3 is 0 Å². The fourth-order valence-electron chi connectivity index (χ4n) is 1.80. The second-order valence-electron chi connectivity index (χ2n) is 3.57. The fraction of sp³-hybridized carbons (Fsp3) is 0.538. The van der Waals surface area contributed by atoms with Crippen molar-refractivity contribution < 1.29 is 0 Å². The molecule has 0 heteroatoms. The highest BCUT2D eigenvalue weighted by Gasteiger charge is 2.11. The Kier molecular flexibility index (Phi) is 4.59. The van der Waals surface area contributed by atoms with Crippen LogP contribution in [0.5, 0.6) is 0 Å². The third-order valence-corrected chi connectivity index (χ3v) is 2.62. The smallest absolute Gasteiger partial charge is 0.0131 e. The molecular weight excluding hydrogens is 156 g/mol. The predicted molar refractivity (Wildman–Crippen MR) is 59.7 cm³/mol. The summed E-state index contributed by atoms with van der Waals surface area (Å²) in [6, 6.07) is 0. The van der Waals surface area contributed by atoms with Crippen LogP contribution in [-0.2, 0) is 0 Å². The first-order valence-corrected chi connectivity index (χ1v) is 5.39. The second kappa shape index (κ2) is 5.80. The van der Waals surface area contributed by atoms with Crippen LogP contribution in [0.4, 0.5) is 0 Å². The first-order chi connectivity index (χ1) is 6.38. The Hall–Kier alpha value is -0.780. The molecule has 0 aromatic rings. The van der Waals surface area contributed by atoms with E-state index in [9.17, 15) is 0 Å². The Morgan fingerprint density at radius 3 is 2.92 bits per heavy atom. The van der Waals surface area contributed by atoms with E-state index in [2.05, 4.69) is 44.2 Å². The molecule has 0 aromatic carbocycles. The highest BCUT2D eigenvalue weighted by atomic mass is 14.2. The molecule has 0 radical (unpaired) electrons. The van der Waals surface area contributed by atoms with Gasteiger partial charge in [-0.3, -0.25) is 0 Å². The number of hydrogen-bond donors (Lipinski definition) is 0. The van der Waals surface area contributed by atoms with Crippen LogP contribution in [0.1, 0.15) is 39.5 Å². The topological polar surface area (TPSA) is 0 Å². The summed E-state index contributed by atoms with van der Waals surface area (Å²) < 4.78 is 0. The lowest BCUT2D eigenvalue weighted by atomic mass is 9.87. The zero-order valence-corrected chi connectivity index (χ0v) is 8.79. The lowest BCUT2D eigenvalue weighted by molar-refractivity contribution is 0.605. The van der Waals surface area contributed by atoms with Crippen LogP contribution in [0.2, 0.25) is 0 Å². The standard InChI is InChI=1S/C13H20/c1-3-5-6-10-13-11-8-7-9-12(13)4-2/h5-9,13H,3-4,10-11H2,1-2H3. The van der Waals surface area contributed by atoms with E-state index in [0.717, 1.165) is 12.3 Å². The highest BCUT2D eigenvalue weighted by Crippen LogP contribution is 2.26. The van der Waals surface area contributed by atoms with Gasteiger partial charge < -0.3 is 0 Å². The van der Waals surface area contributed by atoms with Crippen molar-refractivity contribution >= 4 is 0 Å². The normalized spacial score (nSPS) is 22.3. The molecule has 1 aliphatic carbocycles. The van der Waals surface area contributed by atoms with E-state index in [0.29, 0.717) is 0 Å². The number of hydrogen-bond acceptors (Lipinski definition) is 0. The van der Waals surface area contributed by atoms with Crippen molar-refractivity contribution in [3.63, 3.8) is 0 Å². The van der Waals surface area contributed by atoms with Gasteiger partial charge in [-0.1, -0.05) is 49.8 Å². The van der Waals surface area contributed by atoms with E-state index in [4.69, 9.17) is 0 Å². The molecule has 1 unspecified atom stereocenters. The van der Waals surface area contributed by atoms with E-state index in [-0.39, 0.29) is 0 Å². The van der Waals surface area contributed by atoms with Crippen molar-refractivity contribution in [2.75, 3.05) is 0 Å². The third kappa shape index (κ3) is 3.22. The average molecular weight is 176 g/mol. The molecule has 1 rings (SSSR count). The lowest BCUT2D eigenvalue weighted by Gasteiger charge is -2.18. The van der Waals surface area contributed by atoms with Gasteiger partial charge in [0.15, 0.2) is 0 Å². The van der Waals surface area contributed by atoms with Crippen LogP contribution in [0.25, 0.3) is 0 Å². The van der Waals surface area contributed by atoms with E-state index in [1.807, 2.05) is 0 Å². The molecule has 13 heavy (non-hydrogen) atoms. The van der Waals surface area contributed by atoms with E-state index < -0.39 is 0 Å². The van der Waals surface area contributed by atoms with Crippen LogP contribution in [0, 0.1) is 5.92 Å². The highest BCUT2D eigenvalue weighted by molar-refractivity contribution is 5.21.